The molecule has 0 fully saturated rings. The van der Waals surface area contributed by atoms with Gasteiger partial charge in [-0.15, -0.1) is 11.3 Å². The topological polar surface area (TPSA) is 54.0 Å². The number of carbonyl (C=O) groups excluding carboxylic acids is 1. The normalized spacial score (nSPS) is 10.6. The fraction of sp³-hybridized carbons (Fsp3) is 0.158. The van der Waals surface area contributed by atoms with E-state index in [-0.39, 0.29) is 12.1 Å². The predicted octanol–water partition coefficient (Wildman–Crippen LogP) is 4.67. The van der Waals surface area contributed by atoms with Crippen LogP contribution in [0.25, 0.3) is 0 Å². The molecule has 2 aromatic carbocycles. The van der Waals surface area contributed by atoms with Crippen molar-refractivity contribution in [3.63, 3.8) is 0 Å². The molecule has 0 saturated heterocycles. The molecule has 122 valence electrons. The molecule has 0 radical (unpaired) electrons. The minimum Gasteiger partial charge on any atom is -0.327 e. The Kier molecular flexibility index (Phi) is 4.91. The number of aryl methyl sites for hydroxylation is 2. The van der Waals surface area contributed by atoms with Crippen molar-refractivity contribution in [3.8, 4) is 0 Å². The van der Waals surface area contributed by atoms with Gasteiger partial charge in [0.05, 0.1) is 11.7 Å². The molecular weight excluding hydrogens is 318 g/mol. The van der Waals surface area contributed by atoms with Crippen LogP contribution in [0.4, 0.5) is 9.93 Å². The first-order valence-corrected chi connectivity index (χ1v) is 8.56. The first kappa shape index (κ1) is 16.2. The van der Waals surface area contributed by atoms with E-state index in [1.54, 1.807) is 0 Å². The van der Waals surface area contributed by atoms with Crippen LogP contribution in [-0.2, 0) is 0 Å². The molecular formula is C19H19N3OS. The van der Waals surface area contributed by atoms with E-state index in [2.05, 4.69) is 15.6 Å². The number of rotatable bonds is 4. The molecule has 0 aliphatic heterocycles. The quantitative estimate of drug-likeness (QED) is 0.727. The molecule has 0 spiro atoms. The van der Waals surface area contributed by atoms with Gasteiger partial charge >= 0.3 is 6.03 Å². The molecule has 0 aliphatic carbocycles. The fourth-order valence-electron chi connectivity index (χ4n) is 2.44. The number of anilines is 1. The predicted molar refractivity (Wildman–Crippen MR) is 98.5 cm³/mol. The van der Waals surface area contributed by atoms with Crippen LogP contribution in [0.1, 0.15) is 27.7 Å². The maximum Gasteiger partial charge on any atom is 0.321 e. The Morgan fingerprint density at radius 2 is 1.50 bits per heavy atom. The first-order chi connectivity index (χ1) is 11.6. The van der Waals surface area contributed by atoms with Crippen molar-refractivity contribution in [2.75, 3.05) is 5.32 Å². The Labute approximate surface area is 145 Å². The highest BCUT2D eigenvalue weighted by Gasteiger charge is 2.17. The molecule has 0 unspecified atom stereocenters. The zero-order valence-electron chi connectivity index (χ0n) is 13.6. The zero-order valence-corrected chi connectivity index (χ0v) is 14.4. The van der Waals surface area contributed by atoms with E-state index in [0.717, 1.165) is 21.7 Å². The Morgan fingerprint density at radius 3 is 1.96 bits per heavy atom. The van der Waals surface area contributed by atoms with Crippen molar-refractivity contribution in [1.82, 2.24) is 10.3 Å². The van der Waals surface area contributed by atoms with Crippen molar-refractivity contribution >= 4 is 22.5 Å². The van der Waals surface area contributed by atoms with Crippen LogP contribution >= 0.6 is 11.3 Å². The van der Waals surface area contributed by atoms with E-state index in [9.17, 15) is 4.79 Å². The summed E-state index contributed by atoms with van der Waals surface area (Å²) < 4.78 is 0. The number of carbonyl (C=O) groups is 1. The summed E-state index contributed by atoms with van der Waals surface area (Å²) in [6.45, 7) is 3.93. The third-order valence-electron chi connectivity index (χ3n) is 3.79. The van der Waals surface area contributed by atoms with Crippen molar-refractivity contribution < 1.29 is 4.79 Å². The van der Waals surface area contributed by atoms with Gasteiger partial charge in [-0.3, -0.25) is 5.32 Å². The van der Waals surface area contributed by atoms with Gasteiger partial charge in [-0.2, -0.15) is 0 Å². The van der Waals surface area contributed by atoms with Crippen LogP contribution in [0.5, 0.6) is 0 Å². The lowest BCUT2D eigenvalue weighted by Gasteiger charge is -2.19. The summed E-state index contributed by atoms with van der Waals surface area (Å²) in [7, 11) is 0. The van der Waals surface area contributed by atoms with E-state index in [4.69, 9.17) is 0 Å². The van der Waals surface area contributed by atoms with E-state index >= 15 is 0 Å². The summed E-state index contributed by atoms with van der Waals surface area (Å²) in [6.07, 6.45) is 0. The Morgan fingerprint density at radius 1 is 0.958 bits per heavy atom. The Balaban J connectivity index is 1.80. The number of nitrogens with zero attached hydrogens (tertiary/aromatic N) is 1. The number of hydrogen-bond acceptors (Lipinski definition) is 3. The SMILES string of the molecule is Cc1nc(NC(=O)NC(c2ccccc2)c2ccccc2)sc1C. The van der Waals surface area contributed by atoms with Crippen LogP contribution < -0.4 is 10.6 Å². The minimum atomic E-state index is -0.263. The zero-order chi connectivity index (χ0) is 16.9. The Hall–Kier alpha value is -2.66. The standard InChI is InChI=1S/C19H19N3OS/c1-13-14(2)24-19(20-13)22-18(23)21-17(15-9-5-3-6-10-15)16-11-7-4-8-12-16/h3-12,17H,1-2H3,(H2,20,21,22,23). The minimum absolute atomic E-state index is 0.213. The number of aromatic nitrogens is 1. The van der Waals surface area contributed by atoms with Crippen LogP contribution in [0, 0.1) is 13.8 Å². The van der Waals surface area contributed by atoms with Crippen molar-refractivity contribution in [2.24, 2.45) is 0 Å². The third kappa shape index (κ3) is 3.81. The molecule has 2 amide bonds. The highest BCUT2D eigenvalue weighted by molar-refractivity contribution is 7.15. The van der Waals surface area contributed by atoms with E-state index < -0.39 is 0 Å². The van der Waals surface area contributed by atoms with E-state index in [1.807, 2.05) is 74.5 Å². The summed E-state index contributed by atoms with van der Waals surface area (Å²) in [5, 5.41) is 6.49. The number of nitrogens with one attached hydrogen (secondary N) is 2. The van der Waals surface area contributed by atoms with Gasteiger partial charge in [0, 0.05) is 4.88 Å². The molecule has 3 aromatic rings. The maximum absolute atomic E-state index is 12.4. The van der Waals surface area contributed by atoms with Crippen molar-refractivity contribution in [3.05, 3.63) is 82.4 Å². The van der Waals surface area contributed by atoms with Gasteiger partial charge < -0.3 is 5.32 Å². The summed E-state index contributed by atoms with van der Waals surface area (Å²) in [6, 6.07) is 19.4. The molecule has 0 atom stereocenters. The second-order valence-electron chi connectivity index (χ2n) is 5.51. The van der Waals surface area contributed by atoms with E-state index in [0.29, 0.717) is 5.13 Å². The van der Waals surface area contributed by atoms with Crippen LogP contribution in [0.3, 0.4) is 0 Å². The molecule has 5 heteroatoms. The molecule has 1 aromatic heterocycles. The second-order valence-corrected chi connectivity index (χ2v) is 6.72. The largest absolute Gasteiger partial charge is 0.327 e. The molecule has 4 nitrogen and oxygen atoms in total. The molecule has 0 bridgehead atoms. The first-order valence-electron chi connectivity index (χ1n) is 7.75. The van der Waals surface area contributed by atoms with Gasteiger partial charge in [0.25, 0.3) is 0 Å². The molecule has 1 heterocycles. The highest BCUT2D eigenvalue weighted by Crippen LogP contribution is 2.23. The summed E-state index contributed by atoms with van der Waals surface area (Å²) >= 11 is 1.48. The van der Waals surface area contributed by atoms with Crippen molar-refractivity contribution in [1.29, 1.82) is 0 Å². The average molecular weight is 337 g/mol. The number of urea groups is 1. The van der Waals surface area contributed by atoms with Crippen molar-refractivity contribution in [2.45, 2.75) is 19.9 Å². The maximum atomic E-state index is 12.4. The fourth-order valence-corrected chi connectivity index (χ4v) is 3.25. The summed E-state index contributed by atoms with van der Waals surface area (Å²) in [5.41, 5.74) is 3.01. The third-order valence-corrected chi connectivity index (χ3v) is 4.78. The lowest BCUT2D eigenvalue weighted by molar-refractivity contribution is 0.250. The lowest BCUT2D eigenvalue weighted by Crippen LogP contribution is -2.33. The summed E-state index contributed by atoms with van der Waals surface area (Å²) in [5.74, 6) is 0. The van der Waals surface area contributed by atoms with Crippen LogP contribution in [0.15, 0.2) is 60.7 Å². The molecule has 3 rings (SSSR count). The Bertz CT molecular complexity index is 756. The average Bonchev–Trinajstić information content (AvgIpc) is 2.91. The number of thiazole rings is 1. The number of amides is 2. The molecule has 0 aliphatic rings. The van der Waals surface area contributed by atoms with Gasteiger partial charge in [0.1, 0.15) is 0 Å². The smallest absolute Gasteiger partial charge is 0.321 e. The van der Waals surface area contributed by atoms with Gasteiger partial charge in [-0.25, -0.2) is 9.78 Å². The lowest BCUT2D eigenvalue weighted by atomic mass is 9.99. The molecule has 2 N–H and O–H groups in total. The van der Waals surface area contributed by atoms with Gasteiger partial charge in [0.2, 0.25) is 0 Å². The van der Waals surface area contributed by atoms with Gasteiger partial charge in [-0.05, 0) is 25.0 Å². The molecule has 0 saturated carbocycles. The monoisotopic (exact) mass is 337 g/mol. The second kappa shape index (κ2) is 7.27. The van der Waals surface area contributed by atoms with Gasteiger partial charge in [-0.1, -0.05) is 60.7 Å². The van der Waals surface area contributed by atoms with Crippen LogP contribution in [-0.4, -0.2) is 11.0 Å². The number of hydrogen-bond donors (Lipinski definition) is 2. The van der Waals surface area contributed by atoms with Crippen LogP contribution in [0.2, 0.25) is 0 Å². The van der Waals surface area contributed by atoms with Gasteiger partial charge in [0.15, 0.2) is 5.13 Å². The summed E-state index contributed by atoms with van der Waals surface area (Å²) in [4.78, 5) is 17.9. The van der Waals surface area contributed by atoms with E-state index in [1.165, 1.54) is 11.3 Å². The molecule has 24 heavy (non-hydrogen) atoms. The number of benzene rings is 2. The highest BCUT2D eigenvalue weighted by atomic mass is 32.1.